The summed E-state index contributed by atoms with van der Waals surface area (Å²) in [5.74, 6) is -1.06. The summed E-state index contributed by atoms with van der Waals surface area (Å²) in [6, 6.07) is 0. The van der Waals surface area contributed by atoms with Crippen LogP contribution in [0.5, 0.6) is 0 Å². The molecular formula is C71H122O6. The van der Waals surface area contributed by atoms with Crippen molar-refractivity contribution in [3.05, 3.63) is 97.2 Å². The molecule has 0 rings (SSSR count). The lowest BCUT2D eigenvalue weighted by molar-refractivity contribution is -0.166. The molecule has 0 fully saturated rings. The van der Waals surface area contributed by atoms with Crippen molar-refractivity contribution < 1.29 is 28.6 Å². The highest BCUT2D eigenvalue weighted by Gasteiger charge is 2.19. The fourth-order valence-corrected chi connectivity index (χ4v) is 9.30. The van der Waals surface area contributed by atoms with E-state index in [0.717, 1.165) is 109 Å². The van der Waals surface area contributed by atoms with E-state index in [0.29, 0.717) is 12.8 Å². The van der Waals surface area contributed by atoms with Gasteiger partial charge in [-0.25, -0.2) is 0 Å². The van der Waals surface area contributed by atoms with Gasteiger partial charge in [-0.05, 0) is 77.0 Å². The Morgan fingerprint density at radius 3 is 0.857 bits per heavy atom. The quantitative estimate of drug-likeness (QED) is 0.0261. The van der Waals surface area contributed by atoms with Crippen LogP contribution in [0.2, 0.25) is 0 Å². The van der Waals surface area contributed by atoms with Crippen molar-refractivity contribution in [1.82, 2.24) is 0 Å². The normalized spacial score (nSPS) is 12.7. The van der Waals surface area contributed by atoms with Crippen molar-refractivity contribution in [2.45, 2.75) is 322 Å². The van der Waals surface area contributed by atoms with E-state index >= 15 is 0 Å². The monoisotopic (exact) mass is 1070 g/mol. The van der Waals surface area contributed by atoms with Gasteiger partial charge in [-0.3, -0.25) is 14.4 Å². The summed E-state index contributed by atoms with van der Waals surface area (Å²) in [7, 11) is 0. The molecule has 0 spiro atoms. The number of ether oxygens (including phenoxy) is 3. The van der Waals surface area contributed by atoms with Crippen molar-refractivity contribution in [3.8, 4) is 0 Å². The second kappa shape index (κ2) is 64.9. The van der Waals surface area contributed by atoms with E-state index in [2.05, 4.69) is 106 Å². The van der Waals surface area contributed by atoms with Crippen LogP contribution in [0.4, 0.5) is 0 Å². The molecule has 1 unspecified atom stereocenters. The average Bonchev–Trinajstić information content (AvgIpc) is 3.43. The summed E-state index contributed by atoms with van der Waals surface area (Å²) in [5.41, 5.74) is 0. The molecule has 0 saturated carbocycles. The fraction of sp³-hybridized carbons (Fsp3) is 0.732. The number of carbonyl (C=O) groups is 3. The zero-order valence-electron chi connectivity index (χ0n) is 50.7. The van der Waals surface area contributed by atoms with Crippen molar-refractivity contribution in [3.63, 3.8) is 0 Å². The summed E-state index contributed by atoms with van der Waals surface area (Å²) >= 11 is 0. The molecule has 6 heteroatoms. The van der Waals surface area contributed by atoms with Gasteiger partial charge in [0.05, 0.1) is 6.42 Å². The molecule has 0 aromatic heterocycles. The minimum Gasteiger partial charge on any atom is -0.462 e. The third-order valence-electron chi connectivity index (χ3n) is 14.1. The molecule has 0 aliphatic carbocycles. The highest BCUT2D eigenvalue weighted by atomic mass is 16.6. The molecule has 0 heterocycles. The van der Waals surface area contributed by atoms with E-state index in [-0.39, 0.29) is 31.6 Å². The maximum Gasteiger partial charge on any atom is 0.310 e. The van der Waals surface area contributed by atoms with Gasteiger partial charge in [-0.15, -0.1) is 0 Å². The van der Waals surface area contributed by atoms with E-state index in [4.69, 9.17) is 14.2 Å². The van der Waals surface area contributed by atoms with E-state index < -0.39 is 12.1 Å². The van der Waals surface area contributed by atoms with E-state index in [1.165, 1.54) is 167 Å². The van der Waals surface area contributed by atoms with Gasteiger partial charge < -0.3 is 14.2 Å². The van der Waals surface area contributed by atoms with E-state index in [1.807, 2.05) is 6.08 Å². The summed E-state index contributed by atoms with van der Waals surface area (Å²) in [4.78, 5) is 38.2. The Morgan fingerprint density at radius 2 is 0.545 bits per heavy atom. The smallest absolute Gasteiger partial charge is 0.310 e. The number of hydrogen-bond acceptors (Lipinski definition) is 6. The van der Waals surface area contributed by atoms with Crippen LogP contribution in [0.25, 0.3) is 0 Å². The first-order valence-corrected chi connectivity index (χ1v) is 32.7. The van der Waals surface area contributed by atoms with Gasteiger partial charge >= 0.3 is 17.9 Å². The zero-order valence-corrected chi connectivity index (χ0v) is 50.7. The van der Waals surface area contributed by atoms with Crippen LogP contribution in [0, 0.1) is 0 Å². The second-order valence-corrected chi connectivity index (χ2v) is 21.6. The van der Waals surface area contributed by atoms with Crippen LogP contribution in [-0.4, -0.2) is 37.2 Å². The first-order valence-electron chi connectivity index (χ1n) is 32.7. The van der Waals surface area contributed by atoms with Gasteiger partial charge in [-0.2, -0.15) is 0 Å². The Balaban J connectivity index is 4.27. The summed E-state index contributed by atoms with van der Waals surface area (Å²) in [5, 5.41) is 0. The lowest BCUT2D eigenvalue weighted by Crippen LogP contribution is -2.30. The maximum atomic E-state index is 12.8. The maximum absolute atomic E-state index is 12.8. The van der Waals surface area contributed by atoms with Gasteiger partial charge in [0.1, 0.15) is 13.2 Å². The number of unbranched alkanes of at least 4 members (excludes halogenated alkanes) is 33. The third kappa shape index (κ3) is 63.0. The van der Waals surface area contributed by atoms with Crippen LogP contribution in [0.3, 0.4) is 0 Å². The van der Waals surface area contributed by atoms with Gasteiger partial charge in [-0.1, -0.05) is 317 Å². The minimum absolute atomic E-state index is 0.0926. The number of esters is 3. The molecular weight excluding hydrogens is 949 g/mol. The largest absolute Gasteiger partial charge is 0.462 e. The van der Waals surface area contributed by atoms with Gasteiger partial charge in [0.15, 0.2) is 6.10 Å². The molecule has 442 valence electrons. The molecule has 77 heavy (non-hydrogen) atoms. The fourth-order valence-electron chi connectivity index (χ4n) is 9.30. The first-order chi connectivity index (χ1) is 38.0. The molecule has 0 amide bonds. The lowest BCUT2D eigenvalue weighted by Gasteiger charge is -2.18. The summed E-state index contributed by atoms with van der Waals surface area (Å²) in [6.45, 7) is 6.35. The molecule has 6 nitrogen and oxygen atoms in total. The summed E-state index contributed by atoms with van der Waals surface area (Å²) < 4.78 is 16.8. The van der Waals surface area contributed by atoms with Gasteiger partial charge in [0.25, 0.3) is 0 Å². The molecule has 0 saturated heterocycles. The number of allylic oxidation sites excluding steroid dienone is 15. The molecule has 0 aliphatic rings. The van der Waals surface area contributed by atoms with E-state index in [9.17, 15) is 14.4 Å². The van der Waals surface area contributed by atoms with Crippen LogP contribution >= 0.6 is 0 Å². The Kier molecular flexibility index (Phi) is 61.8. The Bertz CT molecular complexity index is 1510. The number of hydrogen-bond donors (Lipinski definition) is 0. The predicted octanol–water partition coefficient (Wildman–Crippen LogP) is 22.4. The average molecular weight is 1070 g/mol. The molecule has 0 aromatic carbocycles. The van der Waals surface area contributed by atoms with Crippen LogP contribution in [-0.2, 0) is 28.6 Å². The van der Waals surface area contributed by atoms with Crippen LogP contribution in [0.1, 0.15) is 316 Å². The van der Waals surface area contributed by atoms with Gasteiger partial charge in [0.2, 0.25) is 0 Å². The van der Waals surface area contributed by atoms with Crippen molar-refractivity contribution in [1.29, 1.82) is 0 Å². The molecule has 1 atom stereocenters. The number of carbonyl (C=O) groups excluding carboxylic acids is 3. The topological polar surface area (TPSA) is 78.9 Å². The van der Waals surface area contributed by atoms with Crippen molar-refractivity contribution in [2.75, 3.05) is 13.2 Å². The molecule has 0 radical (unpaired) electrons. The molecule has 0 bridgehead atoms. The SMILES string of the molecule is CC/C=C\C/C=C\C/C=C\C/C=C\C/C=C\CC(=O)OC(COC(=O)CCCCCCC/C=C\C/C=C\C/C=C\CC)COC(=O)CCCCCCCCCCCCCCCCCCCCCCCCCCCCCCC. The van der Waals surface area contributed by atoms with Crippen molar-refractivity contribution in [2.24, 2.45) is 0 Å². The predicted molar refractivity (Wildman–Crippen MR) is 334 cm³/mol. The van der Waals surface area contributed by atoms with Crippen LogP contribution < -0.4 is 0 Å². The molecule has 0 N–H and O–H groups in total. The zero-order chi connectivity index (χ0) is 55.7. The standard InChI is InChI=1S/C71H122O6/c1-4-7-10-13-16-19-22-25-28-29-30-31-32-33-34-35-36-37-38-39-40-41-44-46-49-52-55-58-61-64-70(73)76-67-68(77-71(74)65-62-59-56-53-50-47-43-27-24-21-18-15-12-9-6-3)66-75-69(72)63-60-57-54-51-48-45-42-26-23-20-17-14-11-8-5-2/h8-9,11-12,17-18,20-21,26-27,42-43,50,53,59,62,68H,4-7,10,13-16,19,22-25,28-41,44-49,51-52,54-58,60-61,63-67H2,1-3H3/b11-8-,12-9-,20-17-,21-18-,42-26-,43-27-,53-50-,62-59-. The molecule has 0 aliphatic heterocycles. The Labute approximate surface area is 477 Å². The Hall–Kier alpha value is -3.67. The van der Waals surface area contributed by atoms with E-state index in [1.54, 1.807) is 6.08 Å². The van der Waals surface area contributed by atoms with Crippen LogP contribution in [0.15, 0.2) is 97.2 Å². The highest BCUT2D eigenvalue weighted by molar-refractivity contribution is 5.72. The Morgan fingerprint density at radius 1 is 0.286 bits per heavy atom. The third-order valence-corrected chi connectivity index (χ3v) is 14.1. The first kappa shape index (κ1) is 73.3. The summed E-state index contributed by atoms with van der Waals surface area (Å²) in [6.07, 6.45) is 87.6. The number of rotatable bonds is 59. The molecule has 0 aromatic rings. The second-order valence-electron chi connectivity index (χ2n) is 21.6. The van der Waals surface area contributed by atoms with Gasteiger partial charge in [0, 0.05) is 12.8 Å². The van der Waals surface area contributed by atoms with Crippen molar-refractivity contribution >= 4 is 17.9 Å². The lowest BCUT2D eigenvalue weighted by atomic mass is 10.0. The highest BCUT2D eigenvalue weighted by Crippen LogP contribution is 2.17. The minimum atomic E-state index is -0.840.